The van der Waals surface area contributed by atoms with Crippen molar-refractivity contribution in [3.05, 3.63) is 6.92 Å². The molecule has 1 heterocycles. The number of piperidine rings is 1. The van der Waals surface area contributed by atoms with E-state index in [1.807, 2.05) is 0 Å². The van der Waals surface area contributed by atoms with Crippen molar-refractivity contribution in [3.8, 4) is 0 Å². The van der Waals surface area contributed by atoms with Crippen LogP contribution in [-0.4, -0.2) is 21.3 Å². The molecule has 1 rings (SSSR count). The molecule has 0 aromatic carbocycles. The molecule has 0 unspecified atom stereocenters. The molecule has 0 radical (unpaired) electrons. The summed E-state index contributed by atoms with van der Waals surface area (Å²) in [5, 5.41) is 11.3. The van der Waals surface area contributed by atoms with Gasteiger partial charge in [-0.1, -0.05) is 0 Å². The normalized spacial score (nSPS) is 24.2. The predicted molar refractivity (Wildman–Crippen MR) is 56.7 cm³/mol. The van der Waals surface area contributed by atoms with Crippen LogP contribution in [0.25, 0.3) is 0 Å². The molecule has 0 aromatic heterocycles. The molecule has 14 heavy (non-hydrogen) atoms. The van der Waals surface area contributed by atoms with Crippen molar-refractivity contribution in [2.45, 2.75) is 65.0 Å². The quantitative estimate of drug-likeness (QED) is 0.528. The molecule has 1 fully saturated rings. The Labute approximate surface area is 102 Å². The van der Waals surface area contributed by atoms with E-state index < -0.39 is 0 Å². The molecule has 0 saturated carbocycles. The van der Waals surface area contributed by atoms with Gasteiger partial charge in [-0.25, -0.2) is 0 Å². The Morgan fingerprint density at radius 2 is 1.29 bits per heavy atom. The molecule has 1 saturated heterocycles. The van der Waals surface area contributed by atoms with E-state index in [0.717, 1.165) is 12.8 Å². The maximum absolute atomic E-state index is 9.80. The van der Waals surface area contributed by atoms with E-state index >= 15 is 0 Å². The van der Waals surface area contributed by atoms with E-state index in [-0.39, 0.29) is 30.6 Å². The van der Waals surface area contributed by atoms with Gasteiger partial charge in [-0.2, -0.15) is 12.0 Å². The zero-order valence-corrected chi connectivity index (χ0v) is 13.4. The first-order chi connectivity index (χ1) is 5.86. The number of rotatable bonds is 0. The minimum atomic E-state index is -0.0399. The number of nitrogens with zero attached hydrogens (tertiary/aromatic N) is 1. The topological polar surface area (TPSA) is 23.5 Å². The van der Waals surface area contributed by atoms with Crippen LogP contribution in [-0.2, 0) is 19.5 Å². The van der Waals surface area contributed by atoms with Gasteiger partial charge in [-0.15, -0.1) is 0 Å². The molecule has 1 aliphatic rings. The third kappa shape index (κ3) is 3.96. The summed E-state index contributed by atoms with van der Waals surface area (Å²) in [6.07, 6.45) is 3.40. The molecule has 0 bridgehead atoms. The van der Waals surface area contributed by atoms with Crippen LogP contribution in [0.1, 0.15) is 53.9 Å². The standard InChI is InChI=1S/C9H19NO.C2H5.Zn/c1-8(2)6-5-7-9(3,4)10(8)11;1-2;/h11H,5-7H2,1-4H3;1H2,2H3;/q;-1;. The molecule has 1 aliphatic heterocycles. The number of hydrogen-bond acceptors (Lipinski definition) is 2. The average Bonchev–Trinajstić information content (AvgIpc) is 2.04. The second-order valence-electron chi connectivity index (χ2n) is 4.79. The van der Waals surface area contributed by atoms with Gasteiger partial charge in [0, 0.05) is 30.6 Å². The van der Waals surface area contributed by atoms with Crippen LogP contribution >= 0.6 is 0 Å². The van der Waals surface area contributed by atoms with E-state index in [4.69, 9.17) is 0 Å². The summed E-state index contributed by atoms with van der Waals surface area (Å²) in [7, 11) is 0. The first-order valence-electron chi connectivity index (χ1n) is 5.06. The van der Waals surface area contributed by atoms with Crippen LogP contribution in [0.4, 0.5) is 0 Å². The SMILES string of the molecule is CC1(C)CCCC(C)(C)N1O.[CH2-]C.[Zn]. The Morgan fingerprint density at radius 3 is 1.50 bits per heavy atom. The van der Waals surface area contributed by atoms with Gasteiger partial charge in [0.05, 0.1) is 0 Å². The smallest absolute Gasteiger partial charge is 0.0410 e. The van der Waals surface area contributed by atoms with Gasteiger partial charge in [-0.3, -0.25) is 0 Å². The Balaban J connectivity index is 0. The van der Waals surface area contributed by atoms with Gasteiger partial charge in [0.25, 0.3) is 0 Å². The molecule has 2 nitrogen and oxygen atoms in total. The van der Waals surface area contributed by atoms with Gasteiger partial charge in [-0.05, 0) is 47.0 Å². The van der Waals surface area contributed by atoms with Crippen molar-refractivity contribution >= 4 is 0 Å². The molecule has 0 aliphatic carbocycles. The summed E-state index contributed by atoms with van der Waals surface area (Å²) in [5.41, 5.74) is -0.0799. The minimum Gasteiger partial charge on any atom is -0.346 e. The number of hydrogen-bond donors (Lipinski definition) is 1. The van der Waals surface area contributed by atoms with E-state index in [1.54, 1.807) is 6.92 Å². The first-order valence-corrected chi connectivity index (χ1v) is 5.06. The summed E-state index contributed by atoms with van der Waals surface area (Å²) in [5.74, 6) is 0. The molecule has 82 valence electrons. The summed E-state index contributed by atoms with van der Waals surface area (Å²) in [4.78, 5) is 0. The van der Waals surface area contributed by atoms with Gasteiger partial charge < -0.3 is 12.1 Å². The fraction of sp³-hybridized carbons (Fsp3) is 0.909. The van der Waals surface area contributed by atoms with E-state index in [9.17, 15) is 5.21 Å². The van der Waals surface area contributed by atoms with Crippen LogP contribution in [0.3, 0.4) is 0 Å². The molecule has 1 N–H and O–H groups in total. The van der Waals surface area contributed by atoms with Gasteiger partial charge >= 0.3 is 0 Å². The Morgan fingerprint density at radius 1 is 1.00 bits per heavy atom. The first kappa shape index (κ1) is 17.0. The monoisotopic (exact) mass is 250 g/mol. The van der Waals surface area contributed by atoms with Crippen LogP contribution < -0.4 is 0 Å². The molecule has 0 spiro atoms. The molecule has 0 aromatic rings. The summed E-state index contributed by atoms with van der Waals surface area (Å²) >= 11 is 0. The third-order valence-electron chi connectivity index (χ3n) is 2.72. The van der Waals surface area contributed by atoms with Gasteiger partial charge in [0.1, 0.15) is 0 Å². The Kier molecular flexibility index (Phi) is 7.50. The van der Waals surface area contributed by atoms with E-state index in [2.05, 4.69) is 34.6 Å². The van der Waals surface area contributed by atoms with Crippen molar-refractivity contribution < 1.29 is 24.7 Å². The van der Waals surface area contributed by atoms with Crippen LogP contribution in [0.15, 0.2) is 0 Å². The fourth-order valence-electron chi connectivity index (χ4n) is 1.98. The summed E-state index contributed by atoms with van der Waals surface area (Å²) in [6.45, 7) is 13.4. The minimum absolute atomic E-state index is 0. The van der Waals surface area contributed by atoms with Crippen molar-refractivity contribution in [3.63, 3.8) is 0 Å². The van der Waals surface area contributed by atoms with Crippen molar-refractivity contribution in [2.75, 3.05) is 0 Å². The molecule has 3 heteroatoms. The van der Waals surface area contributed by atoms with Crippen molar-refractivity contribution in [1.29, 1.82) is 0 Å². The summed E-state index contributed by atoms with van der Waals surface area (Å²) in [6, 6.07) is 0. The molecular formula is C11H24NOZn-. The van der Waals surface area contributed by atoms with Crippen molar-refractivity contribution in [1.82, 2.24) is 5.06 Å². The predicted octanol–water partition coefficient (Wildman–Crippen LogP) is 3.26. The van der Waals surface area contributed by atoms with Crippen LogP contribution in [0.2, 0.25) is 0 Å². The fourth-order valence-corrected chi connectivity index (χ4v) is 1.98. The van der Waals surface area contributed by atoms with Crippen molar-refractivity contribution in [2.24, 2.45) is 0 Å². The molecule has 0 amide bonds. The maximum atomic E-state index is 9.80. The second-order valence-corrected chi connectivity index (χ2v) is 4.79. The zero-order valence-electron chi connectivity index (χ0n) is 10.4. The van der Waals surface area contributed by atoms with Gasteiger partial charge in [0.2, 0.25) is 0 Å². The number of hydroxylamine groups is 2. The van der Waals surface area contributed by atoms with Crippen LogP contribution in [0, 0.1) is 6.92 Å². The van der Waals surface area contributed by atoms with E-state index in [0.29, 0.717) is 0 Å². The summed E-state index contributed by atoms with van der Waals surface area (Å²) < 4.78 is 0. The van der Waals surface area contributed by atoms with Gasteiger partial charge in [0.15, 0.2) is 0 Å². The second kappa shape index (κ2) is 6.20. The largest absolute Gasteiger partial charge is 0.346 e. The van der Waals surface area contributed by atoms with E-state index in [1.165, 1.54) is 11.5 Å². The molecule has 0 atom stereocenters. The molecular weight excluding hydrogens is 228 g/mol. The average molecular weight is 252 g/mol. The van der Waals surface area contributed by atoms with Crippen LogP contribution in [0.5, 0.6) is 0 Å². The Hall–Kier alpha value is 0.543. The zero-order chi connectivity index (χ0) is 10.7. The maximum Gasteiger partial charge on any atom is 0.0410 e. The Bertz CT molecular complexity index is 141. The third-order valence-corrected chi connectivity index (χ3v) is 2.72.